The lowest BCUT2D eigenvalue weighted by Crippen LogP contribution is -2.06. The molecule has 5 aromatic carbocycles. The highest BCUT2D eigenvalue weighted by Gasteiger charge is 2.24. The van der Waals surface area contributed by atoms with Gasteiger partial charge in [0.25, 0.3) is 0 Å². The molecule has 3 heterocycles. The Kier molecular flexibility index (Phi) is 6.68. The number of nitrogens with zero attached hydrogens (tertiary/aromatic N) is 4. The highest BCUT2D eigenvalue weighted by atomic mass is 16.3. The summed E-state index contributed by atoms with van der Waals surface area (Å²) in [7, 11) is 0. The van der Waals surface area contributed by atoms with Crippen molar-refractivity contribution in [2.75, 3.05) is 0 Å². The summed E-state index contributed by atoms with van der Waals surface area (Å²) in [6.45, 7) is 0. The van der Waals surface area contributed by atoms with Crippen molar-refractivity contribution in [1.82, 2.24) is 19.5 Å². The van der Waals surface area contributed by atoms with Gasteiger partial charge in [-0.1, -0.05) is 115 Å². The number of phenolic OH excluding ortho intramolecular Hbond substituents is 1. The fraction of sp³-hybridized carbons (Fsp3) is 0.0465. The van der Waals surface area contributed by atoms with Crippen LogP contribution in [0.3, 0.4) is 0 Å². The summed E-state index contributed by atoms with van der Waals surface area (Å²) in [6.07, 6.45) is 5.73. The molecule has 0 unspecified atom stereocenters. The van der Waals surface area contributed by atoms with Gasteiger partial charge in [0.2, 0.25) is 0 Å². The molecule has 0 fully saturated rings. The predicted octanol–water partition coefficient (Wildman–Crippen LogP) is 9.95. The molecule has 9 rings (SSSR count). The topological polar surface area (TPSA) is 63.8 Å². The highest BCUT2D eigenvalue weighted by molar-refractivity contribution is 5.95. The van der Waals surface area contributed by atoms with Crippen LogP contribution in [-0.2, 0) is 12.8 Å². The molecule has 0 spiro atoms. The van der Waals surface area contributed by atoms with Gasteiger partial charge in [-0.25, -0.2) is 9.97 Å². The van der Waals surface area contributed by atoms with Gasteiger partial charge in [0.1, 0.15) is 17.3 Å². The van der Waals surface area contributed by atoms with Crippen molar-refractivity contribution >= 4 is 10.9 Å². The van der Waals surface area contributed by atoms with E-state index in [1.54, 1.807) is 6.07 Å². The van der Waals surface area contributed by atoms with Crippen LogP contribution in [0, 0.1) is 0 Å². The van der Waals surface area contributed by atoms with Gasteiger partial charge in [0.15, 0.2) is 0 Å². The maximum Gasteiger partial charge on any atom is 0.146 e. The molecule has 1 N–H and O–H groups in total. The number of aryl methyl sites for hydroxylation is 2. The minimum atomic E-state index is 0.261. The van der Waals surface area contributed by atoms with Crippen LogP contribution in [0.15, 0.2) is 152 Å². The van der Waals surface area contributed by atoms with Crippen molar-refractivity contribution in [3.63, 3.8) is 0 Å². The van der Waals surface area contributed by atoms with Gasteiger partial charge in [-0.3, -0.25) is 9.55 Å². The summed E-state index contributed by atoms with van der Waals surface area (Å²) >= 11 is 0. The first-order chi connectivity index (χ1) is 23.7. The summed E-state index contributed by atoms with van der Waals surface area (Å²) in [5, 5.41) is 11.9. The molecule has 0 saturated heterocycles. The third kappa shape index (κ3) is 4.67. The first kappa shape index (κ1) is 27.9. The molecule has 5 nitrogen and oxygen atoms in total. The number of hydrogen-bond donors (Lipinski definition) is 1. The average Bonchev–Trinajstić information content (AvgIpc) is 3.60. The van der Waals surface area contributed by atoms with E-state index in [1.807, 2.05) is 48.7 Å². The van der Waals surface area contributed by atoms with Crippen LogP contribution in [0.5, 0.6) is 5.75 Å². The fourth-order valence-electron chi connectivity index (χ4n) is 7.05. The number of benzene rings is 5. The first-order valence-electron chi connectivity index (χ1n) is 16.2. The van der Waals surface area contributed by atoms with Crippen LogP contribution >= 0.6 is 0 Å². The van der Waals surface area contributed by atoms with E-state index in [9.17, 15) is 5.11 Å². The molecule has 0 bridgehead atoms. The molecule has 228 valence electrons. The van der Waals surface area contributed by atoms with Crippen molar-refractivity contribution in [2.45, 2.75) is 12.8 Å². The second-order valence-corrected chi connectivity index (χ2v) is 12.1. The van der Waals surface area contributed by atoms with Crippen molar-refractivity contribution in [1.29, 1.82) is 0 Å². The quantitative estimate of drug-likeness (QED) is 0.209. The van der Waals surface area contributed by atoms with Crippen molar-refractivity contribution in [2.24, 2.45) is 0 Å². The Morgan fingerprint density at radius 2 is 1.23 bits per heavy atom. The standard InChI is InChI=1S/C43H30N4O/c48-39-20-9-15-30-21-22-31-23-24-37(45-41(31)40(30)39)38-27-47(43(46-38)35-25-26-44-36-19-8-7-16-34(35)36)42-32(28-11-3-1-4-12-28)17-10-18-33(42)29-13-5-2-6-14-29/h1-20,23-27,48H,21-22H2. The molecule has 8 aromatic rings. The van der Waals surface area contributed by atoms with E-state index >= 15 is 0 Å². The van der Waals surface area contributed by atoms with E-state index in [2.05, 4.69) is 107 Å². The molecule has 3 aromatic heterocycles. The van der Waals surface area contributed by atoms with Crippen LogP contribution in [-0.4, -0.2) is 24.6 Å². The average molecular weight is 619 g/mol. The minimum Gasteiger partial charge on any atom is -0.507 e. The van der Waals surface area contributed by atoms with Crippen LogP contribution < -0.4 is 0 Å². The summed E-state index contributed by atoms with van der Waals surface area (Å²) < 4.78 is 2.23. The van der Waals surface area contributed by atoms with Gasteiger partial charge in [-0.05, 0) is 59.4 Å². The summed E-state index contributed by atoms with van der Waals surface area (Å²) in [5.41, 5.74) is 12.7. The molecule has 5 heteroatoms. The highest BCUT2D eigenvalue weighted by Crippen LogP contribution is 2.42. The number of aromatic nitrogens is 4. The number of hydrogen-bond acceptors (Lipinski definition) is 4. The number of para-hydroxylation sites is 2. The van der Waals surface area contributed by atoms with Gasteiger partial charge in [0.05, 0.1) is 22.6 Å². The molecular weight excluding hydrogens is 589 g/mol. The SMILES string of the molecule is Oc1cccc2c1-c1nc(-c3cn(-c4c(-c5ccccc5)cccc4-c4ccccc4)c(-c4ccnc5ccccc45)n3)ccc1CC2. The van der Waals surface area contributed by atoms with Crippen molar-refractivity contribution in [3.8, 4) is 67.7 Å². The van der Waals surface area contributed by atoms with Gasteiger partial charge in [-0.2, -0.15) is 0 Å². The lowest BCUT2D eigenvalue weighted by Gasteiger charge is -2.20. The summed E-state index contributed by atoms with van der Waals surface area (Å²) in [6, 6.07) is 47.7. The molecule has 0 aliphatic heterocycles. The number of rotatable bonds is 5. The predicted molar refractivity (Wildman–Crippen MR) is 193 cm³/mol. The van der Waals surface area contributed by atoms with E-state index < -0.39 is 0 Å². The van der Waals surface area contributed by atoms with Gasteiger partial charge < -0.3 is 5.11 Å². The zero-order valence-electron chi connectivity index (χ0n) is 26.1. The molecule has 0 amide bonds. The van der Waals surface area contributed by atoms with Crippen LogP contribution in [0.2, 0.25) is 0 Å². The maximum absolute atomic E-state index is 10.9. The molecule has 0 saturated carbocycles. The number of imidazole rings is 1. The van der Waals surface area contributed by atoms with Gasteiger partial charge >= 0.3 is 0 Å². The lowest BCUT2D eigenvalue weighted by molar-refractivity contribution is 0.476. The van der Waals surface area contributed by atoms with Crippen LogP contribution in [0.25, 0.3) is 72.9 Å². The van der Waals surface area contributed by atoms with E-state index in [0.717, 1.165) is 96.8 Å². The number of fused-ring (bicyclic) bond motifs is 4. The minimum absolute atomic E-state index is 0.261. The molecular formula is C43H30N4O. The lowest BCUT2D eigenvalue weighted by atomic mass is 9.88. The monoisotopic (exact) mass is 618 g/mol. The second-order valence-electron chi connectivity index (χ2n) is 12.1. The van der Waals surface area contributed by atoms with E-state index in [-0.39, 0.29) is 5.75 Å². The maximum atomic E-state index is 10.9. The number of phenols is 1. The van der Waals surface area contributed by atoms with E-state index in [4.69, 9.17) is 9.97 Å². The van der Waals surface area contributed by atoms with Gasteiger partial charge in [-0.15, -0.1) is 0 Å². The molecule has 1 aliphatic rings. The summed E-state index contributed by atoms with van der Waals surface area (Å²) in [5.74, 6) is 1.06. The van der Waals surface area contributed by atoms with Crippen molar-refractivity contribution < 1.29 is 5.11 Å². The number of aromatic hydroxyl groups is 1. The Morgan fingerprint density at radius 1 is 0.542 bits per heavy atom. The molecule has 1 aliphatic carbocycles. The molecule has 0 radical (unpaired) electrons. The Bertz CT molecular complexity index is 2400. The smallest absolute Gasteiger partial charge is 0.146 e. The van der Waals surface area contributed by atoms with Crippen molar-refractivity contribution in [3.05, 3.63) is 163 Å². The first-order valence-corrected chi connectivity index (χ1v) is 16.2. The van der Waals surface area contributed by atoms with E-state index in [0.29, 0.717) is 0 Å². The number of pyridine rings is 2. The molecule has 0 atom stereocenters. The Hall–Kier alpha value is -6.33. The fourth-order valence-corrected chi connectivity index (χ4v) is 7.05. The van der Waals surface area contributed by atoms with Crippen LogP contribution in [0.1, 0.15) is 11.1 Å². The normalized spacial score (nSPS) is 12.1. The van der Waals surface area contributed by atoms with Gasteiger partial charge in [0, 0.05) is 40.0 Å². The third-order valence-corrected chi connectivity index (χ3v) is 9.31. The Balaban J connectivity index is 1.34. The second kappa shape index (κ2) is 11.5. The Morgan fingerprint density at radius 3 is 2.00 bits per heavy atom. The summed E-state index contributed by atoms with van der Waals surface area (Å²) in [4.78, 5) is 15.3. The van der Waals surface area contributed by atoms with Crippen LogP contribution in [0.4, 0.5) is 0 Å². The molecule has 48 heavy (non-hydrogen) atoms. The third-order valence-electron chi connectivity index (χ3n) is 9.31. The largest absolute Gasteiger partial charge is 0.507 e. The zero-order valence-corrected chi connectivity index (χ0v) is 26.1. The Labute approximate surface area is 278 Å². The van der Waals surface area contributed by atoms with E-state index in [1.165, 1.54) is 0 Å². The zero-order chi connectivity index (χ0) is 32.0.